The molecule has 0 bridgehead atoms. The molecule has 1 saturated heterocycles. The van der Waals surface area contributed by atoms with Gasteiger partial charge >= 0.3 is 5.97 Å². The number of hydrogen-bond acceptors (Lipinski definition) is 8. The number of aromatic nitrogens is 2. The average molecular weight is 518 g/mol. The Balaban J connectivity index is 1.21. The number of likely N-dealkylation sites (tertiary alicyclic amines) is 1. The topological polar surface area (TPSA) is 77.7 Å². The van der Waals surface area contributed by atoms with Crippen LogP contribution in [0.3, 0.4) is 0 Å². The van der Waals surface area contributed by atoms with Crippen molar-refractivity contribution in [3.8, 4) is 28.3 Å². The van der Waals surface area contributed by atoms with Crippen LogP contribution in [0, 0.1) is 6.92 Å². The van der Waals surface area contributed by atoms with Gasteiger partial charge in [-0.05, 0) is 45.8 Å². The first-order chi connectivity index (χ1) is 18.1. The zero-order valence-electron chi connectivity index (χ0n) is 21.2. The fraction of sp³-hybridized carbons (Fsp3) is 0.345. The van der Waals surface area contributed by atoms with E-state index < -0.39 is 0 Å². The normalized spacial score (nSPS) is 14.5. The molecule has 1 aliphatic rings. The van der Waals surface area contributed by atoms with Crippen LogP contribution in [0.4, 0.5) is 0 Å². The van der Waals surface area contributed by atoms with Gasteiger partial charge in [0.1, 0.15) is 17.2 Å². The fourth-order valence-corrected chi connectivity index (χ4v) is 5.73. The summed E-state index contributed by atoms with van der Waals surface area (Å²) >= 11 is 1.72. The minimum Gasteiger partial charge on any atom is -0.482 e. The summed E-state index contributed by atoms with van der Waals surface area (Å²) in [7, 11) is 0. The van der Waals surface area contributed by atoms with E-state index in [0.717, 1.165) is 72.1 Å². The highest BCUT2D eigenvalue weighted by Crippen LogP contribution is 2.38. The van der Waals surface area contributed by atoms with E-state index in [1.165, 1.54) is 5.01 Å². The lowest BCUT2D eigenvalue weighted by atomic mass is 9.97. The molecule has 5 rings (SSSR count). The van der Waals surface area contributed by atoms with Crippen LogP contribution in [0.1, 0.15) is 42.0 Å². The number of para-hydroxylation sites is 1. The van der Waals surface area contributed by atoms with E-state index in [-0.39, 0.29) is 12.6 Å². The van der Waals surface area contributed by atoms with Crippen LogP contribution >= 0.6 is 11.3 Å². The van der Waals surface area contributed by atoms with Crippen molar-refractivity contribution in [2.24, 2.45) is 0 Å². The number of esters is 1. The molecule has 0 amide bonds. The molecular weight excluding hydrogens is 486 g/mol. The average Bonchev–Trinajstić information content (AvgIpc) is 3.56. The number of aryl methyl sites for hydroxylation is 1. The third kappa shape index (κ3) is 5.92. The first-order valence-corrected chi connectivity index (χ1v) is 13.6. The highest BCUT2D eigenvalue weighted by Gasteiger charge is 2.26. The molecule has 37 heavy (non-hydrogen) atoms. The van der Waals surface area contributed by atoms with Gasteiger partial charge in [0, 0.05) is 29.0 Å². The van der Waals surface area contributed by atoms with E-state index in [2.05, 4.69) is 21.5 Å². The van der Waals surface area contributed by atoms with Gasteiger partial charge in [-0.1, -0.05) is 53.7 Å². The minimum atomic E-state index is -0.349. The predicted molar refractivity (Wildman–Crippen MR) is 144 cm³/mol. The molecular formula is C29H31N3O4S. The Morgan fingerprint density at radius 1 is 1.11 bits per heavy atom. The Hall–Kier alpha value is -3.49. The van der Waals surface area contributed by atoms with Gasteiger partial charge in [-0.25, -0.2) is 9.78 Å². The minimum absolute atomic E-state index is 0.0725. The second kappa shape index (κ2) is 11.7. The maximum Gasteiger partial charge on any atom is 0.344 e. The molecule has 0 N–H and O–H groups in total. The SMILES string of the molecule is CCOC(=O)COc1ccccc1CN1CCC(c2nc(-c3c(-c4ccccc4)noc3C)cs2)CC1. The number of carbonyl (C=O) groups excluding carboxylic acids is 1. The Kier molecular flexibility index (Phi) is 7.96. The van der Waals surface area contributed by atoms with Gasteiger partial charge in [0.25, 0.3) is 0 Å². The van der Waals surface area contributed by atoms with E-state index in [4.69, 9.17) is 19.0 Å². The zero-order valence-corrected chi connectivity index (χ0v) is 22.0. The summed E-state index contributed by atoms with van der Waals surface area (Å²) in [6.45, 7) is 6.76. The lowest BCUT2D eigenvalue weighted by molar-refractivity contribution is -0.145. The lowest BCUT2D eigenvalue weighted by Gasteiger charge is -2.31. The van der Waals surface area contributed by atoms with E-state index in [9.17, 15) is 4.79 Å². The molecule has 0 radical (unpaired) electrons. The van der Waals surface area contributed by atoms with Gasteiger partial charge in [-0.15, -0.1) is 11.3 Å². The molecule has 1 aliphatic heterocycles. The summed E-state index contributed by atoms with van der Waals surface area (Å²) in [5, 5.41) is 7.62. The quantitative estimate of drug-likeness (QED) is 0.248. The molecule has 0 atom stereocenters. The number of benzene rings is 2. The molecule has 192 valence electrons. The maximum atomic E-state index is 11.7. The molecule has 3 heterocycles. The monoisotopic (exact) mass is 517 g/mol. The van der Waals surface area contributed by atoms with Gasteiger partial charge in [0.15, 0.2) is 6.61 Å². The number of piperidine rings is 1. The molecule has 4 aromatic rings. The lowest BCUT2D eigenvalue weighted by Crippen LogP contribution is -2.32. The highest BCUT2D eigenvalue weighted by molar-refractivity contribution is 7.10. The van der Waals surface area contributed by atoms with Crippen molar-refractivity contribution in [2.75, 3.05) is 26.3 Å². The zero-order chi connectivity index (χ0) is 25.6. The number of ether oxygens (including phenoxy) is 2. The van der Waals surface area contributed by atoms with Crippen LogP contribution in [0.15, 0.2) is 64.5 Å². The number of thiazole rings is 1. The van der Waals surface area contributed by atoms with E-state index in [1.54, 1.807) is 18.3 Å². The molecule has 2 aromatic carbocycles. The number of rotatable bonds is 9. The molecule has 7 nitrogen and oxygen atoms in total. The van der Waals surface area contributed by atoms with Gasteiger partial charge in [0.2, 0.25) is 0 Å². The van der Waals surface area contributed by atoms with E-state index in [1.807, 2.05) is 55.5 Å². The van der Waals surface area contributed by atoms with Gasteiger partial charge in [-0.3, -0.25) is 4.90 Å². The van der Waals surface area contributed by atoms with Crippen LogP contribution in [-0.2, 0) is 16.1 Å². The van der Waals surface area contributed by atoms with Crippen molar-refractivity contribution in [3.05, 3.63) is 76.3 Å². The summed E-state index contributed by atoms with van der Waals surface area (Å²) in [5.41, 5.74) is 4.87. The van der Waals surface area contributed by atoms with Crippen LogP contribution in [-0.4, -0.2) is 47.3 Å². The van der Waals surface area contributed by atoms with Gasteiger partial charge in [0.05, 0.1) is 22.9 Å². The highest BCUT2D eigenvalue weighted by atomic mass is 32.1. The van der Waals surface area contributed by atoms with Crippen LogP contribution < -0.4 is 4.74 Å². The molecule has 0 spiro atoms. The number of hydrogen-bond donors (Lipinski definition) is 0. The largest absolute Gasteiger partial charge is 0.482 e. The van der Waals surface area contributed by atoms with Crippen molar-refractivity contribution in [1.82, 2.24) is 15.0 Å². The fourth-order valence-electron chi connectivity index (χ4n) is 4.75. The van der Waals surface area contributed by atoms with Crippen molar-refractivity contribution >= 4 is 17.3 Å². The van der Waals surface area contributed by atoms with E-state index in [0.29, 0.717) is 12.5 Å². The van der Waals surface area contributed by atoms with Crippen molar-refractivity contribution in [2.45, 2.75) is 39.2 Å². The Labute approximate surface area is 221 Å². The summed E-state index contributed by atoms with van der Waals surface area (Å²) in [6, 6.07) is 18.0. The van der Waals surface area contributed by atoms with Gasteiger partial charge in [-0.2, -0.15) is 0 Å². The Bertz CT molecular complexity index is 1330. The first-order valence-electron chi connectivity index (χ1n) is 12.7. The molecule has 8 heteroatoms. The summed E-state index contributed by atoms with van der Waals surface area (Å²) < 4.78 is 16.3. The second-order valence-electron chi connectivity index (χ2n) is 9.15. The molecule has 1 fully saturated rings. The Morgan fingerprint density at radius 3 is 2.65 bits per heavy atom. The maximum absolute atomic E-state index is 11.7. The number of nitrogens with zero attached hydrogens (tertiary/aromatic N) is 3. The van der Waals surface area contributed by atoms with Crippen LogP contribution in [0.5, 0.6) is 5.75 Å². The number of carbonyl (C=O) groups is 1. The first kappa shape index (κ1) is 25.2. The van der Waals surface area contributed by atoms with Crippen molar-refractivity contribution in [3.63, 3.8) is 0 Å². The standard InChI is InChI=1S/C29H31N3O4S/c1-3-34-26(33)18-35-25-12-8-7-11-23(25)17-32-15-13-22(14-16-32)29-30-24(19-37-29)27-20(2)36-31-28(27)21-9-5-4-6-10-21/h4-12,19,22H,3,13-18H2,1-2H3. The molecule has 0 saturated carbocycles. The summed E-state index contributed by atoms with van der Waals surface area (Å²) in [4.78, 5) is 19.2. The van der Waals surface area contributed by atoms with E-state index >= 15 is 0 Å². The third-order valence-corrected chi connectivity index (χ3v) is 7.65. The predicted octanol–water partition coefficient (Wildman–Crippen LogP) is 6.10. The third-order valence-electron chi connectivity index (χ3n) is 6.64. The van der Waals surface area contributed by atoms with Gasteiger partial charge < -0.3 is 14.0 Å². The Morgan fingerprint density at radius 2 is 1.86 bits per heavy atom. The van der Waals surface area contributed by atoms with Crippen molar-refractivity contribution < 1.29 is 18.8 Å². The second-order valence-corrected chi connectivity index (χ2v) is 10.0. The smallest absolute Gasteiger partial charge is 0.344 e. The molecule has 0 unspecified atom stereocenters. The van der Waals surface area contributed by atoms with Crippen molar-refractivity contribution in [1.29, 1.82) is 0 Å². The van der Waals surface area contributed by atoms with Crippen LogP contribution in [0.25, 0.3) is 22.5 Å². The van der Waals surface area contributed by atoms with Crippen LogP contribution in [0.2, 0.25) is 0 Å². The summed E-state index contributed by atoms with van der Waals surface area (Å²) in [6.07, 6.45) is 2.10. The molecule has 2 aromatic heterocycles. The molecule has 0 aliphatic carbocycles. The summed E-state index contributed by atoms with van der Waals surface area (Å²) in [5.74, 6) is 1.61.